The minimum Gasteiger partial charge on any atom is -0.379 e. The lowest BCUT2D eigenvalue weighted by atomic mass is 9.85. The summed E-state index contributed by atoms with van der Waals surface area (Å²) in [4.78, 5) is 34.3. The van der Waals surface area contributed by atoms with Gasteiger partial charge in [-0.3, -0.25) is 9.59 Å². The third-order valence-corrected chi connectivity index (χ3v) is 5.41. The highest BCUT2D eigenvalue weighted by atomic mass is 16.5. The van der Waals surface area contributed by atoms with Gasteiger partial charge in [0.1, 0.15) is 5.82 Å². The van der Waals surface area contributed by atoms with Crippen molar-refractivity contribution in [2.24, 2.45) is 11.7 Å². The maximum atomic E-state index is 12.1. The summed E-state index contributed by atoms with van der Waals surface area (Å²) < 4.78 is 5.48. The van der Waals surface area contributed by atoms with E-state index < -0.39 is 5.91 Å². The zero-order chi connectivity index (χ0) is 20.1. The number of nitrogens with two attached hydrogens (primary N) is 1. The van der Waals surface area contributed by atoms with Gasteiger partial charge in [-0.15, -0.1) is 0 Å². The molecule has 2 fully saturated rings. The lowest BCUT2D eigenvalue weighted by molar-refractivity contribution is -0.133. The molecule has 2 aliphatic rings. The number of hydrogen-bond acceptors (Lipinski definition) is 7. The first kappa shape index (κ1) is 20.3. The summed E-state index contributed by atoms with van der Waals surface area (Å²) in [6.45, 7) is 1.34. The number of rotatable bonds is 6. The standard InChI is InChI=1S/C19H30N6O3/c1-25(2)18(27)12-5-7-13(8-6-12)23-19-21-10-15(16(20)26)17(24-19)22-14-4-3-9-28-11-14/h10,12-14H,3-9,11H2,1-2H3,(H2,20,26)(H2,21,22,23,24)/t12-,13-,14-/m1/s1. The molecule has 9 nitrogen and oxygen atoms in total. The molecule has 1 aliphatic carbocycles. The van der Waals surface area contributed by atoms with Crippen LogP contribution in [0.25, 0.3) is 0 Å². The highest BCUT2D eigenvalue weighted by Gasteiger charge is 2.28. The first-order valence-electron chi connectivity index (χ1n) is 9.93. The van der Waals surface area contributed by atoms with Crippen molar-refractivity contribution in [3.63, 3.8) is 0 Å². The zero-order valence-electron chi connectivity index (χ0n) is 16.6. The van der Waals surface area contributed by atoms with Crippen LogP contribution in [-0.2, 0) is 9.53 Å². The van der Waals surface area contributed by atoms with E-state index in [0.29, 0.717) is 18.4 Å². The summed E-state index contributed by atoms with van der Waals surface area (Å²) >= 11 is 0. The largest absolute Gasteiger partial charge is 0.379 e. The summed E-state index contributed by atoms with van der Waals surface area (Å²) in [7, 11) is 3.60. The molecule has 3 rings (SSSR count). The molecule has 1 aliphatic heterocycles. The van der Waals surface area contributed by atoms with E-state index in [4.69, 9.17) is 10.5 Å². The van der Waals surface area contributed by atoms with E-state index >= 15 is 0 Å². The van der Waals surface area contributed by atoms with Crippen molar-refractivity contribution in [2.45, 2.75) is 50.6 Å². The van der Waals surface area contributed by atoms with Crippen molar-refractivity contribution >= 4 is 23.6 Å². The second-order valence-corrected chi connectivity index (χ2v) is 7.80. The molecule has 1 aromatic heterocycles. The number of primary amides is 1. The van der Waals surface area contributed by atoms with Crippen molar-refractivity contribution in [3.05, 3.63) is 11.8 Å². The normalized spacial score (nSPS) is 25.0. The number of aromatic nitrogens is 2. The van der Waals surface area contributed by atoms with Crippen LogP contribution in [0.5, 0.6) is 0 Å². The predicted molar refractivity (Wildman–Crippen MR) is 106 cm³/mol. The van der Waals surface area contributed by atoms with Gasteiger partial charge in [0.25, 0.3) is 5.91 Å². The van der Waals surface area contributed by atoms with Crippen LogP contribution in [0.2, 0.25) is 0 Å². The molecule has 154 valence electrons. The molecule has 0 aromatic carbocycles. The van der Waals surface area contributed by atoms with Gasteiger partial charge in [0.2, 0.25) is 11.9 Å². The number of hydrogen-bond donors (Lipinski definition) is 3. The van der Waals surface area contributed by atoms with Crippen LogP contribution in [0, 0.1) is 5.92 Å². The topological polar surface area (TPSA) is 122 Å². The van der Waals surface area contributed by atoms with Gasteiger partial charge in [0.15, 0.2) is 0 Å². The minimum absolute atomic E-state index is 0.0923. The second-order valence-electron chi connectivity index (χ2n) is 7.80. The van der Waals surface area contributed by atoms with Crippen LogP contribution in [0.1, 0.15) is 48.9 Å². The molecule has 1 saturated heterocycles. The van der Waals surface area contributed by atoms with E-state index in [1.165, 1.54) is 6.20 Å². The third kappa shape index (κ3) is 5.09. The molecule has 2 heterocycles. The van der Waals surface area contributed by atoms with Gasteiger partial charge in [0, 0.05) is 38.9 Å². The maximum absolute atomic E-state index is 12.1. The van der Waals surface area contributed by atoms with E-state index in [1.807, 2.05) is 0 Å². The van der Waals surface area contributed by atoms with Crippen LogP contribution < -0.4 is 16.4 Å². The van der Waals surface area contributed by atoms with Crippen LogP contribution in [0.4, 0.5) is 11.8 Å². The zero-order valence-corrected chi connectivity index (χ0v) is 16.6. The van der Waals surface area contributed by atoms with Crippen LogP contribution >= 0.6 is 0 Å². The Labute approximate surface area is 165 Å². The Hall–Kier alpha value is -2.42. The smallest absolute Gasteiger partial charge is 0.254 e. The molecule has 0 radical (unpaired) electrons. The van der Waals surface area contributed by atoms with Gasteiger partial charge in [-0.1, -0.05) is 0 Å². The summed E-state index contributed by atoms with van der Waals surface area (Å²) in [6.07, 6.45) is 6.83. The van der Waals surface area contributed by atoms with Gasteiger partial charge in [-0.2, -0.15) is 4.98 Å². The minimum atomic E-state index is -0.562. The average molecular weight is 390 g/mol. The molecule has 28 heavy (non-hydrogen) atoms. The van der Waals surface area contributed by atoms with Gasteiger partial charge in [-0.05, 0) is 38.5 Å². The van der Waals surface area contributed by atoms with E-state index in [-0.39, 0.29) is 29.5 Å². The van der Waals surface area contributed by atoms with Gasteiger partial charge in [-0.25, -0.2) is 4.98 Å². The van der Waals surface area contributed by atoms with Crippen LogP contribution in [0.15, 0.2) is 6.20 Å². The molecule has 1 aromatic rings. The number of ether oxygens (including phenoxy) is 1. The van der Waals surface area contributed by atoms with Crippen LogP contribution in [-0.4, -0.2) is 66.1 Å². The number of anilines is 2. The Bertz CT molecular complexity index is 697. The third-order valence-electron chi connectivity index (χ3n) is 5.41. The fraction of sp³-hybridized carbons (Fsp3) is 0.684. The quantitative estimate of drug-likeness (QED) is 0.667. The number of nitrogens with one attached hydrogen (secondary N) is 2. The Balaban J connectivity index is 1.63. The monoisotopic (exact) mass is 390 g/mol. The lowest BCUT2D eigenvalue weighted by Gasteiger charge is -2.30. The predicted octanol–water partition coefficient (Wildman–Crippen LogP) is 1.23. The highest BCUT2D eigenvalue weighted by Crippen LogP contribution is 2.27. The highest BCUT2D eigenvalue weighted by molar-refractivity contribution is 5.97. The molecule has 0 spiro atoms. The fourth-order valence-corrected chi connectivity index (χ4v) is 3.82. The Kier molecular flexibility index (Phi) is 6.66. The molecule has 0 bridgehead atoms. The van der Waals surface area contributed by atoms with Crippen LogP contribution in [0.3, 0.4) is 0 Å². The van der Waals surface area contributed by atoms with Gasteiger partial charge in [0.05, 0.1) is 18.2 Å². The van der Waals surface area contributed by atoms with E-state index in [9.17, 15) is 9.59 Å². The van der Waals surface area contributed by atoms with E-state index in [2.05, 4.69) is 20.6 Å². The number of amides is 2. The molecule has 2 amide bonds. The molecule has 1 atom stereocenters. The first-order valence-corrected chi connectivity index (χ1v) is 9.93. The summed E-state index contributed by atoms with van der Waals surface area (Å²) in [5.74, 6) is 0.633. The van der Waals surface area contributed by atoms with Crippen molar-refractivity contribution < 1.29 is 14.3 Å². The fourth-order valence-electron chi connectivity index (χ4n) is 3.82. The Morgan fingerprint density at radius 3 is 2.50 bits per heavy atom. The summed E-state index contributed by atoms with van der Waals surface area (Å²) in [5.41, 5.74) is 5.75. The molecule has 1 saturated carbocycles. The Morgan fingerprint density at radius 2 is 1.89 bits per heavy atom. The van der Waals surface area contributed by atoms with Gasteiger partial charge >= 0.3 is 0 Å². The van der Waals surface area contributed by atoms with E-state index in [1.54, 1.807) is 19.0 Å². The average Bonchev–Trinajstić information content (AvgIpc) is 2.69. The second kappa shape index (κ2) is 9.18. The lowest BCUT2D eigenvalue weighted by Crippen LogP contribution is -2.35. The maximum Gasteiger partial charge on any atom is 0.254 e. The van der Waals surface area contributed by atoms with Crippen molar-refractivity contribution in [1.29, 1.82) is 0 Å². The number of carbonyl (C=O) groups is 2. The first-order chi connectivity index (χ1) is 13.4. The van der Waals surface area contributed by atoms with Crippen molar-refractivity contribution in [3.8, 4) is 0 Å². The molecular formula is C19H30N6O3. The summed E-state index contributed by atoms with van der Waals surface area (Å²) in [6, 6.07) is 0.304. The number of nitrogens with zero attached hydrogens (tertiary/aromatic N) is 3. The van der Waals surface area contributed by atoms with E-state index in [0.717, 1.165) is 45.1 Å². The molecule has 9 heteroatoms. The molecule has 0 unspecified atom stereocenters. The SMILES string of the molecule is CN(C)C(=O)[C@H]1CC[C@H](Nc2ncc(C(N)=O)c(N[C@@H]3CCCOC3)n2)CC1. The molecular weight excluding hydrogens is 360 g/mol. The van der Waals surface area contributed by atoms with Crippen molar-refractivity contribution in [1.82, 2.24) is 14.9 Å². The Morgan fingerprint density at radius 1 is 1.14 bits per heavy atom. The van der Waals surface area contributed by atoms with Crippen molar-refractivity contribution in [2.75, 3.05) is 37.9 Å². The molecule has 4 N–H and O–H groups in total. The summed E-state index contributed by atoms with van der Waals surface area (Å²) in [5, 5.41) is 6.62. The number of carbonyl (C=O) groups excluding carboxylic acids is 2. The van der Waals surface area contributed by atoms with Gasteiger partial charge < -0.3 is 26.0 Å².